The molecule has 0 atom stereocenters. The molecule has 2 rings (SSSR count). The molecular formula is C19H22N2O2S. The zero-order valence-corrected chi connectivity index (χ0v) is 14.6. The first-order chi connectivity index (χ1) is 11.7. The summed E-state index contributed by atoms with van der Waals surface area (Å²) >= 11 is 1.62. The van der Waals surface area contributed by atoms with Crippen LogP contribution in [0.4, 0.5) is 5.69 Å². The molecule has 0 bridgehead atoms. The molecule has 24 heavy (non-hydrogen) atoms. The molecule has 0 saturated heterocycles. The van der Waals surface area contributed by atoms with Crippen molar-refractivity contribution in [3.05, 3.63) is 65.7 Å². The van der Waals surface area contributed by atoms with Gasteiger partial charge in [-0.2, -0.15) is 11.8 Å². The van der Waals surface area contributed by atoms with E-state index in [0.29, 0.717) is 17.0 Å². The number of aryl methyl sites for hydroxylation is 1. The van der Waals surface area contributed by atoms with Crippen LogP contribution >= 0.6 is 11.8 Å². The number of nitrogens with one attached hydrogen (secondary N) is 2. The summed E-state index contributed by atoms with van der Waals surface area (Å²) in [6.07, 6.45) is 2.08. The van der Waals surface area contributed by atoms with E-state index >= 15 is 0 Å². The lowest BCUT2D eigenvalue weighted by Gasteiger charge is -2.07. The van der Waals surface area contributed by atoms with Gasteiger partial charge in [0.2, 0.25) is 5.91 Å². The Morgan fingerprint density at radius 3 is 2.58 bits per heavy atom. The third-order valence-corrected chi connectivity index (χ3v) is 4.51. The summed E-state index contributed by atoms with van der Waals surface area (Å²) in [7, 11) is 1.58. The van der Waals surface area contributed by atoms with E-state index in [1.807, 2.05) is 18.2 Å². The Bertz CT molecular complexity index is 674. The maximum absolute atomic E-state index is 12.0. The minimum absolute atomic E-state index is 0.0474. The van der Waals surface area contributed by atoms with Crippen LogP contribution in [0.1, 0.15) is 22.3 Å². The highest BCUT2D eigenvalue weighted by molar-refractivity contribution is 7.99. The molecule has 0 spiro atoms. The fourth-order valence-corrected chi connectivity index (χ4v) is 3.02. The summed E-state index contributed by atoms with van der Waals surface area (Å²) in [4.78, 5) is 23.5. The number of hydrogen-bond acceptors (Lipinski definition) is 3. The van der Waals surface area contributed by atoms with E-state index in [1.54, 1.807) is 43.1 Å². The van der Waals surface area contributed by atoms with Gasteiger partial charge in [0.25, 0.3) is 5.91 Å². The van der Waals surface area contributed by atoms with Crippen molar-refractivity contribution in [3.8, 4) is 0 Å². The number of rotatable bonds is 8. The molecule has 0 aliphatic heterocycles. The Morgan fingerprint density at radius 1 is 1.04 bits per heavy atom. The molecule has 0 aliphatic carbocycles. The van der Waals surface area contributed by atoms with Crippen LogP contribution in [-0.4, -0.2) is 30.4 Å². The molecule has 0 aromatic heterocycles. The van der Waals surface area contributed by atoms with Crippen molar-refractivity contribution >= 4 is 29.3 Å². The third-order valence-electron chi connectivity index (χ3n) is 3.47. The third kappa shape index (κ3) is 6.08. The van der Waals surface area contributed by atoms with Gasteiger partial charge in [0.15, 0.2) is 0 Å². The van der Waals surface area contributed by atoms with E-state index in [-0.39, 0.29) is 11.8 Å². The minimum atomic E-state index is -0.165. The lowest BCUT2D eigenvalue weighted by Crippen LogP contribution is -2.19. The summed E-state index contributed by atoms with van der Waals surface area (Å²) < 4.78 is 0. The summed E-state index contributed by atoms with van der Waals surface area (Å²) in [6, 6.07) is 17.3. The van der Waals surface area contributed by atoms with Gasteiger partial charge < -0.3 is 10.6 Å². The van der Waals surface area contributed by atoms with Crippen molar-refractivity contribution in [1.29, 1.82) is 0 Å². The Kier molecular flexibility index (Phi) is 7.36. The van der Waals surface area contributed by atoms with E-state index in [4.69, 9.17) is 0 Å². The second-order valence-electron chi connectivity index (χ2n) is 5.35. The Hall–Kier alpha value is -2.27. The quantitative estimate of drug-likeness (QED) is 0.723. The average molecular weight is 342 g/mol. The number of hydrogen-bond donors (Lipinski definition) is 2. The van der Waals surface area contributed by atoms with Crippen LogP contribution in [0.15, 0.2) is 54.6 Å². The first-order valence-electron chi connectivity index (χ1n) is 7.92. The molecule has 0 saturated carbocycles. The number of thioether (sulfide) groups is 1. The van der Waals surface area contributed by atoms with Gasteiger partial charge in [0.05, 0.1) is 5.75 Å². The lowest BCUT2D eigenvalue weighted by molar-refractivity contribution is -0.113. The van der Waals surface area contributed by atoms with E-state index in [9.17, 15) is 9.59 Å². The van der Waals surface area contributed by atoms with E-state index in [2.05, 4.69) is 22.8 Å². The standard InChI is InChI=1S/C19H22N2O2S/c1-20-19(23)16-10-5-11-17(13-16)21-18(22)14-24-12-6-9-15-7-3-2-4-8-15/h2-5,7-8,10-11,13H,6,9,12,14H2,1H3,(H,20,23)(H,21,22). The SMILES string of the molecule is CNC(=O)c1cccc(NC(=O)CSCCCc2ccccc2)c1. The second kappa shape index (κ2) is 9.78. The maximum atomic E-state index is 12.0. The Balaban J connectivity index is 1.69. The Labute approximate surface area is 147 Å². The Morgan fingerprint density at radius 2 is 1.83 bits per heavy atom. The van der Waals surface area contributed by atoms with Crippen LogP contribution in [0, 0.1) is 0 Å². The molecule has 5 heteroatoms. The predicted molar refractivity (Wildman–Crippen MR) is 101 cm³/mol. The van der Waals surface area contributed by atoms with Gasteiger partial charge in [0.1, 0.15) is 0 Å². The fraction of sp³-hybridized carbons (Fsp3) is 0.263. The topological polar surface area (TPSA) is 58.2 Å². The minimum Gasteiger partial charge on any atom is -0.355 e. The summed E-state index contributed by atoms with van der Waals surface area (Å²) in [5, 5.41) is 5.40. The van der Waals surface area contributed by atoms with Crippen molar-refractivity contribution in [2.24, 2.45) is 0 Å². The van der Waals surface area contributed by atoms with Crippen molar-refractivity contribution in [2.45, 2.75) is 12.8 Å². The molecule has 2 N–H and O–H groups in total. The van der Waals surface area contributed by atoms with E-state index in [1.165, 1.54) is 5.56 Å². The van der Waals surface area contributed by atoms with Crippen LogP contribution in [0.25, 0.3) is 0 Å². The van der Waals surface area contributed by atoms with Crippen molar-refractivity contribution in [2.75, 3.05) is 23.9 Å². The van der Waals surface area contributed by atoms with Gasteiger partial charge in [-0.1, -0.05) is 36.4 Å². The molecule has 2 amide bonds. The molecule has 2 aromatic carbocycles. The number of benzene rings is 2. The molecule has 0 heterocycles. The highest BCUT2D eigenvalue weighted by Crippen LogP contribution is 2.12. The number of amides is 2. The maximum Gasteiger partial charge on any atom is 0.251 e. The first-order valence-corrected chi connectivity index (χ1v) is 9.08. The second-order valence-corrected chi connectivity index (χ2v) is 6.46. The van der Waals surface area contributed by atoms with Crippen LogP contribution < -0.4 is 10.6 Å². The molecule has 2 aromatic rings. The number of anilines is 1. The first kappa shape index (κ1) is 18.1. The van der Waals surface area contributed by atoms with Crippen molar-refractivity contribution < 1.29 is 9.59 Å². The van der Waals surface area contributed by atoms with Crippen molar-refractivity contribution in [1.82, 2.24) is 5.32 Å². The zero-order valence-electron chi connectivity index (χ0n) is 13.7. The number of carbonyl (C=O) groups excluding carboxylic acids is 2. The summed E-state index contributed by atoms with van der Waals surface area (Å²) in [5.74, 6) is 1.15. The molecule has 0 radical (unpaired) electrons. The normalized spacial score (nSPS) is 10.2. The number of carbonyl (C=O) groups is 2. The summed E-state index contributed by atoms with van der Waals surface area (Å²) in [5.41, 5.74) is 2.50. The molecule has 4 nitrogen and oxygen atoms in total. The van der Waals surface area contributed by atoms with E-state index < -0.39 is 0 Å². The summed E-state index contributed by atoms with van der Waals surface area (Å²) in [6.45, 7) is 0. The predicted octanol–water partition coefficient (Wildman–Crippen LogP) is 3.35. The fourth-order valence-electron chi connectivity index (χ4n) is 2.27. The largest absolute Gasteiger partial charge is 0.355 e. The smallest absolute Gasteiger partial charge is 0.251 e. The van der Waals surface area contributed by atoms with Gasteiger partial charge in [-0.3, -0.25) is 9.59 Å². The highest BCUT2D eigenvalue weighted by atomic mass is 32.2. The molecule has 0 fully saturated rings. The monoisotopic (exact) mass is 342 g/mol. The van der Waals surface area contributed by atoms with Gasteiger partial charge in [-0.15, -0.1) is 0 Å². The zero-order chi connectivity index (χ0) is 17.2. The molecule has 126 valence electrons. The lowest BCUT2D eigenvalue weighted by atomic mass is 10.1. The highest BCUT2D eigenvalue weighted by Gasteiger charge is 2.06. The van der Waals surface area contributed by atoms with Gasteiger partial charge in [-0.05, 0) is 42.4 Å². The van der Waals surface area contributed by atoms with Crippen LogP contribution in [0.5, 0.6) is 0 Å². The van der Waals surface area contributed by atoms with Crippen molar-refractivity contribution in [3.63, 3.8) is 0 Å². The van der Waals surface area contributed by atoms with Crippen LogP contribution in [-0.2, 0) is 11.2 Å². The van der Waals surface area contributed by atoms with Gasteiger partial charge >= 0.3 is 0 Å². The van der Waals surface area contributed by atoms with Crippen LogP contribution in [0.3, 0.4) is 0 Å². The van der Waals surface area contributed by atoms with E-state index in [0.717, 1.165) is 18.6 Å². The van der Waals surface area contributed by atoms with Gasteiger partial charge in [-0.25, -0.2) is 0 Å². The molecule has 0 unspecified atom stereocenters. The molecule has 0 aliphatic rings. The average Bonchev–Trinajstić information content (AvgIpc) is 2.62. The molecular weight excluding hydrogens is 320 g/mol. The van der Waals surface area contributed by atoms with Gasteiger partial charge in [0, 0.05) is 18.3 Å². The van der Waals surface area contributed by atoms with Crippen LogP contribution in [0.2, 0.25) is 0 Å².